The smallest absolute Gasteiger partial charge is 0.271 e. The topological polar surface area (TPSA) is 75.5 Å². The second kappa shape index (κ2) is 8.69. The van der Waals surface area contributed by atoms with Gasteiger partial charge in [0, 0.05) is 29.6 Å². The highest BCUT2D eigenvalue weighted by Gasteiger charge is 2.26. The number of benzene rings is 2. The maximum absolute atomic E-state index is 12.5. The van der Waals surface area contributed by atoms with Crippen molar-refractivity contribution in [2.24, 2.45) is 5.92 Å². The first-order chi connectivity index (χ1) is 12.9. The zero-order chi connectivity index (χ0) is 19.4. The van der Waals surface area contributed by atoms with E-state index in [4.69, 9.17) is 23.2 Å². The minimum atomic E-state index is -0.515. The van der Waals surface area contributed by atoms with Crippen molar-refractivity contribution < 1.29 is 9.72 Å². The summed E-state index contributed by atoms with van der Waals surface area (Å²) in [5.41, 5.74) is 1.24. The molecule has 27 heavy (non-hydrogen) atoms. The SMILES string of the molecule is O=C(Nc1cc([N+](=O)[O-])ccc1Cl)C1CCN(Cc2ccccc2Cl)CC1. The maximum atomic E-state index is 12.5. The fourth-order valence-corrected chi connectivity index (χ4v) is 3.54. The van der Waals surface area contributed by atoms with Gasteiger partial charge in [-0.3, -0.25) is 19.8 Å². The molecule has 0 spiro atoms. The predicted octanol–water partition coefficient (Wildman–Crippen LogP) is 4.75. The lowest BCUT2D eigenvalue weighted by Crippen LogP contribution is -2.37. The van der Waals surface area contributed by atoms with Crippen LogP contribution in [0.25, 0.3) is 0 Å². The average Bonchev–Trinajstić information content (AvgIpc) is 2.65. The molecule has 2 aromatic carbocycles. The number of likely N-dealkylation sites (tertiary alicyclic amines) is 1. The third-order valence-corrected chi connectivity index (χ3v) is 5.43. The molecule has 0 aromatic heterocycles. The van der Waals surface area contributed by atoms with Crippen LogP contribution in [0, 0.1) is 16.0 Å². The van der Waals surface area contributed by atoms with Crippen LogP contribution >= 0.6 is 23.2 Å². The van der Waals surface area contributed by atoms with Gasteiger partial charge in [-0.2, -0.15) is 0 Å². The van der Waals surface area contributed by atoms with E-state index in [0.717, 1.165) is 30.2 Å². The van der Waals surface area contributed by atoms with Crippen LogP contribution in [0.15, 0.2) is 42.5 Å². The first-order valence-corrected chi connectivity index (χ1v) is 9.40. The first kappa shape index (κ1) is 19.6. The number of rotatable bonds is 5. The number of anilines is 1. The molecule has 0 saturated carbocycles. The molecule has 2 aromatic rings. The van der Waals surface area contributed by atoms with Crippen molar-refractivity contribution in [1.82, 2.24) is 4.90 Å². The Morgan fingerprint density at radius 1 is 1.15 bits per heavy atom. The van der Waals surface area contributed by atoms with Gasteiger partial charge in [0.25, 0.3) is 5.69 Å². The van der Waals surface area contributed by atoms with Crippen LogP contribution in [0.2, 0.25) is 10.0 Å². The van der Waals surface area contributed by atoms with Crippen molar-refractivity contribution in [2.45, 2.75) is 19.4 Å². The first-order valence-electron chi connectivity index (χ1n) is 8.64. The van der Waals surface area contributed by atoms with E-state index in [9.17, 15) is 14.9 Å². The van der Waals surface area contributed by atoms with E-state index in [0.29, 0.717) is 12.8 Å². The van der Waals surface area contributed by atoms with Gasteiger partial charge in [-0.05, 0) is 43.6 Å². The third kappa shape index (κ3) is 4.97. The Hall–Kier alpha value is -2.15. The van der Waals surface area contributed by atoms with Crippen LogP contribution in [-0.4, -0.2) is 28.8 Å². The van der Waals surface area contributed by atoms with E-state index < -0.39 is 4.92 Å². The number of nitro groups is 1. The quantitative estimate of drug-likeness (QED) is 0.572. The van der Waals surface area contributed by atoms with Gasteiger partial charge in [0.05, 0.1) is 15.6 Å². The second-order valence-electron chi connectivity index (χ2n) is 6.55. The maximum Gasteiger partial charge on any atom is 0.271 e. The molecule has 1 fully saturated rings. The van der Waals surface area contributed by atoms with Gasteiger partial charge >= 0.3 is 0 Å². The normalized spacial score (nSPS) is 15.5. The lowest BCUT2D eigenvalue weighted by atomic mass is 9.95. The minimum absolute atomic E-state index is 0.107. The molecule has 6 nitrogen and oxygen atoms in total. The van der Waals surface area contributed by atoms with E-state index in [-0.39, 0.29) is 28.2 Å². The number of piperidine rings is 1. The number of nitrogens with one attached hydrogen (secondary N) is 1. The summed E-state index contributed by atoms with van der Waals surface area (Å²) < 4.78 is 0. The zero-order valence-electron chi connectivity index (χ0n) is 14.5. The van der Waals surface area contributed by atoms with Gasteiger partial charge in [-0.25, -0.2) is 0 Å². The minimum Gasteiger partial charge on any atom is -0.324 e. The summed E-state index contributed by atoms with van der Waals surface area (Å²) in [5.74, 6) is -0.308. The van der Waals surface area contributed by atoms with Crippen molar-refractivity contribution in [2.75, 3.05) is 18.4 Å². The summed E-state index contributed by atoms with van der Waals surface area (Å²) in [6, 6.07) is 11.8. The predicted molar refractivity (Wildman–Crippen MR) is 106 cm³/mol. The molecule has 1 heterocycles. The Bertz CT molecular complexity index is 852. The van der Waals surface area contributed by atoms with Crippen molar-refractivity contribution in [3.63, 3.8) is 0 Å². The molecule has 0 aliphatic carbocycles. The molecule has 1 N–H and O–H groups in total. The van der Waals surface area contributed by atoms with Crippen LogP contribution in [0.3, 0.4) is 0 Å². The van der Waals surface area contributed by atoms with Crippen molar-refractivity contribution in [3.8, 4) is 0 Å². The molecule has 3 rings (SSSR count). The molecule has 1 aliphatic heterocycles. The van der Waals surface area contributed by atoms with Gasteiger partial charge < -0.3 is 5.32 Å². The van der Waals surface area contributed by atoms with Crippen LogP contribution in [0.1, 0.15) is 18.4 Å². The molecule has 142 valence electrons. The lowest BCUT2D eigenvalue weighted by molar-refractivity contribution is -0.384. The van der Waals surface area contributed by atoms with Gasteiger partial charge in [0.1, 0.15) is 0 Å². The molecule has 1 aliphatic rings. The van der Waals surface area contributed by atoms with E-state index >= 15 is 0 Å². The summed E-state index contributed by atoms with van der Waals surface area (Å²) in [5, 5.41) is 14.7. The van der Waals surface area contributed by atoms with Gasteiger partial charge in [0.2, 0.25) is 5.91 Å². The van der Waals surface area contributed by atoms with Gasteiger partial charge in [0.15, 0.2) is 0 Å². The Labute approximate surface area is 167 Å². The van der Waals surface area contributed by atoms with Crippen LogP contribution < -0.4 is 5.32 Å². The molecule has 1 amide bonds. The summed E-state index contributed by atoms with van der Waals surface area (Å²) in [6.45, 7) is 2.32. The third-order valence-electron chi connectivity index (χ3n) is 4.73. The molecule has 0 unspecified atom stereocenters. The molecule has 0 atom stereocenters. The number of amides is 1. The van der Waals surface area contributed by atoms with Crippen molar-refractivity contribution in [1.29, 1.82) is 0 Å². The molecule has 0 bridgehead atoms. The number of hydrogen-bond acceptors (Lipinski definition) is 4. The van der Waals surface area contributed by atoms with Gasteiger partial charge in [-0.15, -0.1) is 0 Å². The van der Waals surface area contributed by atoms with Crippen molar-refractivity contribution >= 4 is 40.5 Å². The number of non-ortho nitro benzene ring substituents is 1. The Kier molecular flexibility index (Phi) is 6.31. The molecule has 1 saturated heterocycles. The number of nitrogens with zero attached hydrogens (tertiary/aromatic N) is 2. The summed E-state index contributed by atoms with van der Waals surface area (Å²) in [6.07, 6.45) is 1.42. The van der Waals surface area contributed by atoms with Crippen molar-refractivity contribution in [3.05, 3.63) is 68.2 Å². The fourth-order valence-electron chi connectivity index (χ4n) is 3.18. The number of nitro benzene ring substituents is 1. The summed E-state index contributed by atoms with van der Waals surface area (Å²) in [4.78, 5) is 25.2. The number of carbonyl (C=O) groups excluding carboxylic acids is 1. The van der Waals surface area contributed by atoms with E-state index in [1.165, 1.54) is 18.2 Å². The van der Waals surface area contributed by atoms with E-state index in [2.05, 4.69) is 10.2 Å². The molecular weight excluding hydrogens is 389 g/mol. The molecule has 0 radical (unpaired) electrons. The zero-order valence-corrected chi connectivity index (χ0v) is 16.0. The second-order valence-corrected chi connectivity index (χ2v) is 7.37. The lowest BCUT2D eigenvalue weighted by Gasteiger charge is -2.31. The average molecular weight is 408 g/mol. The highest BCUT2D eigenvalue weighted by atomic mass is 35.5. The highest BCUT2D eigenvalue weighted by molar-refractivity contribution is 6.33. The standard InChI is InChI=1S/C19H19Cl2N3O3/c20-16-4-2-1-3-14(16)12-23-9-7-13(8-10-23)19(25)22-18-11-15(24(26)27)5-6-17(18)21/h1-6,11,13H,7-10,12H2,(H,22,25). The fraction of sp³-hybridized carbons (Fsp3) is 0.316. The summed E-state index contributed by atoms with van der Waals surface area (Å²) >= 11 is 12.3. The largest absolute Gasteiger partial charge is 0.324 e. The Morgan fingerprint density at radius 3 is 2.52 bits per heavy atom. The number of hydrogen-bond donors (Lipinski definition) is 1. The van der Waals surface area contributed by atoms with E-state index in [1.54, 1.807) is 0 Å². The highest BCUT2D eigenvalue weighted by Crippen LogP contribution is 2.29. The van der Waals surface area contributed by atoms with Gasteiger partial charge in [-0.1, -0.05) is 41.4 Å². The van der Waals surface area contributed by atoms with E-state index in [1.807, 2.05) is 24.3 Å². The number of halogens is 2. The van der Waals surface area contributed by atoms with Crippen LogP contribution in [0.5, 0.6) is 0 Å². The molecule has 8 heteroatoms. The Balaban J connectivity index is 1.57. The molecular formula is C19H19Cl2N3O3. The Morgan fingerprint density at radius 2 is 1.85 bits per heavy atom. The monoisotopic (exact) mass is 407 g/mol. The van der Waals surface area contributed by atoms with Crippen LogP contribution in [-0.2, 0) is 11.3 Å². The summed E-state index contributed by atoms with van der Waals surface area (Å²) in [7, 11) is 0. The number of carbonyl (C=O) groups is 1. The van der Waals surface area contributed by atoms with Crippen LogP contribution in [0.4, 0.5) is 11.4 Å².